The summed E-state index contributed by atoms with van der Waals surface area (Å²) in [5.41, 5.74) is 2.10. The Labute approximate surface area is 166 Å². The first-order valence-corrected chi connectivity index (χ1v) is 11.0. The minimum atomic E-state index is -0.0642. The van der Waals surface area contributed by atoms with Crippen LogP contribution in [-0.4, -0.2) is 29.1 Å². The van der Waals surface area contributed by atoms with E-state index in [2.05, 4.69) is 46.0 Å². The Morgan fingerprint density at radius 2 is 1.93 bits per heavy atom. The fraction of sp³-hybridized carbons (Fsp3) is 0.500. The van der Waals surface area contributed by atoms with Crippen molar-refractivity contribution in [3.05, 3.63) is 52.2 Å². The van der Waals surface area contributed by atoms with Crippen molar-refractivity contribution < 1.29 is 4.79 Å². The molecule has 144 valence electrons. The van der Waals surface area contributed by atoms with Crippen LogP contribution in [0.2, 0.25) is 0 Å². The third kappa shape index (κ3) is 4.36. The highest BCUT2D eigenvalue weighted by atomic mass is 32.1. The van der Waals surface area contributed by atoms with Crippen LogP contribution in [0.15, 0.2) is 41.8 Å². The summed E-state index contributed by atoms with van der Waals surface area (Å²) in [7, 11) is 0. The van der Waals surface area contributed by atoms with Crippen LogP contribution in [0.4, 0.5) is 10.5 Å². The number of nitrogens with one attached hydrogen (secondary N) is 2. The molecule has 2 aliphatic rings. The van der Waals surface area contributed by atoms with Gasteiger partial charge in [-0.05, 0) is 55.2 Å². The smallest absolute Gasteiger partial charge is 0.319 e. The molecule has 4 rings (SSSR count). The maximum Gasteiger partial charge on any atom is 0.319 e. The van der Waals surface area contributed by atoms with Gasteiger partial charge in [0.25, 0.3) is 0 Å². The normalized spacial score (nSPS) is 25.1. The van der Waals surface area contributed by atoms with E-state index in [1.807, 2.05) is 29.5 Å². The van der Waals surface area contributed by atoms with Crippen molar-refractivity contribution in [1.29, 1.82) is 0 Å². The number of para-hydroxylation sites is 1. The van der Waals surface area contributed by atoms with Crippen molar-refractivity contribution in [1.82, 2.24) is 10.2 Å². The number of aryl methyl sites for hydroxylation is 1. The number of piperidine rings is 2. The van der Waals surface area contributed by atoms with Gasteiger partial charge in [-0.25, -0.2) is 4.79 Å². The maximum atomic E-state index is 12.6. The molecule has 2 fully saturated rings. The largest absolute Gasteiger partial charge is 0.335 e. The Hall–Kier alpha value is -1.85. The fourth-order valence-electron chi connectivity index (χ4n) is 4.73. The lowest BCUT2D eigenvalue weighted by atomic mass is 9.81. The van der Waals surface area contributed by atoms with Crippen molar-refractivity contribution >= 4 is 23.1 Å². The van der Waals surface area contributed by atoms with Gasteiger partial charge in [0.05, 0.1) is 0 Å². The Morgan fingerprint density at radius 3 is 2.63 bits per heavy atom. The number of rotatable bonds is 5. The molecular weight excluding hydrogens is 354 g/mol. The maximum absolute atomic E-state index is 12.6. The lowest BCUT2D eigenvalue weighted by molar-refractivity contribution is 0.0208. The predicted molar refractivity (Wildman–Crippen MR) is 112 cm³/mol. The fourth-order valence-corrected chi connectivity index (χ4v) is 5.44. The van der Waals surface area contributed by atoms with Crippen LogP contribution < -0.4 is 10.6 Å². The van der Waals surface area contributed by atoms with E-state index in [0.29, 0.717) is 12.1 Å². The van der Waals surface area contributed by atoms with Crippen molar-refractivity contribution in [3.63, 3.8) is 0 Å². The average Bonchev–Trinajstić information content (AvgIpc) is 3.16. The number of thiophene rings is 1. The van der Waals surface area contributed by atoms with Gasteiger partial charge in [-0.3, -0.25) is 4.90 Å². The first-order chi connectivity index (χ1) is 13.2. The molecule has 2 atom stereocenters. The molecule has 2 N–H and O–H groups in total. The lowest BCUT2D eigenvalue weighted by Crippen LogP contribution is -2.56. The van der Waals surface area contributed by atoms with Gasteiger partial charge < -0.3 is 10.6 Å². The molecule has 1 aromatic carbocycles. The molecule has 0 spiro atoms. The molecule has 2 aromatic rings. The van der Waals surface area contributed by atoms with E-state index in [4.69, 9.17) is 0 Å². The van der Waals surface area contributed by atoms with Crippen LogP contribution in [0.25, 0.3) is 0 Å². The third-order valence-corrected chi connectivity index (χ3v) is 6.89. The van der Waals surface area contributed by atoms with E-state index in [1.54, 1.807) is 0 Å². The predicted octanol–water partition coefficient (Wildman–Crippen LogP) is 5.02. The van der Waals surface area contributed by atoms with Crippen LogP contribution in [0, 0.1) is 0 Å². The van der Waals surface area contributed by atoms with E-state index in [-0.39, 0.29) is 12.1 Å². The summed E-state index contributed by atoms with van der Waals surface area (Å²) < 4.78 is 0. The second kappa shape index (κ2) is 8.44. The molecule has 2 amide bonds. The number of anilines is 1. The number of carbonyl (C=O) groups excluding carboxylic acids is 1. The van der Waals surface area contributed by atoms with Gasteiger partial charge in [0.15, 0.2) is 0 Å². The van der Waals surface area contributed by atoms with E-state index in [1.165, 1.54) is 29.7 Å². The Kier molecular flexibility index (Phi) is 5.79. The van der Waals surface area contributed by atoms with Crippen molar-refractivity contribution in [3.8, 4) is 0 Å². The first kappa shape index (κ1) is 18.5. The van der Waals surface area contributed by atoms with E-state index in [0.717, 1.165) is 31.5 Å². The second-order valence-electron chi connectivity index (χ2n) is 7.77. The van der Waals surface area contributed by atoms with Gasteiger partial charge in [-0.1, -0.05) is 37.6 Å². The Balaban J connectivity index is 1.36. The monoisotopic (exact) mass is 383 g/mol. The van der Waals surface area contributed by atoms with Gasteiger partial charge in [-0.2, -0.15) is 0 Å². The lowest BCUT2D eigenvalue weighted by Gasteiger charge is -2.49. The van der Waals surface area contributed by atoms with Crippen LogP contribution in [0.1, 0.15) is 49.5 Å². The van der Waals surface area contributed by atoms with Gasteiger partial charge in [-0.15, -0.1) is 11.3 Å². The molecular formula is C22H29N3OS. The van der Waals surface area contributed by atoms with Crippen molar-refractivity contribution in [2.75, 3.05) is 5.32 Å². The van der Waals surface area contributed by atoms with Gasteiger partial charge in [0, 0.05) is 35.2 Å². The molecule has 5 heteroatoms. The summed E-state index contributed by atoms with van der Waals surface area (Å²) in [5, 5.41) is 8.48. The van der Waals surface area contributed by atoms with Crippen LogP contribution in [0.5, 0.6) is 0 Å². The molecule has 27 heavy (non-hydrogen) atoms. The molecule has 0 saturated carbocycles. The molecule has 2 aliphatic heterocycles. The Morgan fingerprint density at radius 1 is 1.15 bits per heavy atom. The molecule has 0 radical (unpaired) electrons. The van der Waals surface area contributed by atoms with E-state index < -0.39 is 0 Å². The summed E-state index contributed by atoms with van der Waals surface area (Å²) in [6.45, 7) is 3.18. The molecule has 4 nitrogen and oxygen atoms in total. The number of urea groups is 1. The number of carbonyl (C=O) groups is 1. The summed E-state index contributed by atoms with van der Waals surface area (Å²) in [6, 6.07) is 13.8. The van der Waals surface area contributed by atoms with Crippen LogP contribution >= 0.6 is 11.3 Å². The summed E-state index contributed by atoms with van der Waals surface area (Å²) in [5.74, 6) is 0. The highest BCUT2D eigenvalue weighted by Crippen LogP contribution is 2.35. The summed E-state index contributed by atoms with van der Waals surface area (Å²) in [4.78, 5) is 16.7. The Bertz CT molecular complexity index is 747. The standard InChI is InChI=1S/C22H29N3OS/c1-2-16-7-3-4-11-21(16)24-22(26)23-17-13-18-8-5-9-19(14-17)25(18)15-20-10-6-12-27-20/h3-4,6-7,10-12,17-19H,2,5,8-9,13-15H2,1H3,(H2,23,24,26)/t18-,19-/m0/s1. The zero-order chi connectivity index (χ0) is 18.6. The number of hydrogen-bond donors (Lipinski definition) is 2. The number of benzene rings is 1. The number of amides is 2. The quantitative estimate of drug-likeness (QED) is 0.761. The number of nitrogens with zero attached hydrogens (tertiary/aromatic N) is 1. The SMILES string of the molecule is CCc1ccccc1NC(=O)NC1C[C@@H]2CCC[C@@H](C1)N2Cc1cccs1. The summed E-state index contributed by atoms with van der Waals surface area (Å²) >= 11 is 1.85. The van der Waals surface area contributed by atoms with Crippen molar-refractivity contribution in [2.45, 2.75) is 70.1 Å². The molecule has 0 aliphatic carbocycles. The molecule has 3 heterocycles. The van der Waals surface area contributed by atoms with E-state index >= 15 is 0 Å². The van der Waals surface area contributed by atoms with Crippen molar-refractivity contribution in [2.24, 2.45) is 0 Å². The average molecular weight is 384 g/mol. The topological polar surface area (TPSA) is 44.4 Å². The van der Waals surface area contributed by atoms with E-state index in [9.17, 15) is 4.79 Å². The number of fused-ring (bicyclic) bond motifs is 2. The zero-order valence-electron chi connectivity index (χ0n) is 16.0. The highest BCUT2D eigenvalue weighted by Gasteiger charge is 2.38. The second-order valence-corrected chi connectivity index (χ2v) is 8.80. The minimum absolute atomic E-state index is 0.0642. The highest BCUT2D eigenvalue weighted by molar-refractivity contribution is 7.09. The zero-order valence-corrected chi connectivity index (χ0v) is 16.8. The number of hydrogen-bond acceptors (Lipinski definition) is 3. The first-order valence-electron chi connectivity index (χ1n) is 10.2. The van der Waals surface area contributed by atoms with Gasteiger partial charge >= 0.3 is 6.03 Å². The molecule has 0 unspecified atom stereocenters. The summed E-state index contributed by atoms with van der Waals surface area (Å²) in [6.07, 6.45) is 6.86. The minimum Gasteiger partial charge on any atom is -0.335 e. The molecule has 1 aromatic heterocycles. The third-order valence-electron chi connectivity index (χ3n) is 6.03. The molecule has 2 saturated heterocycles. The van der Waals surface area contributed by atoms with Crippen LogP contribution in [0.3, 0.4) is 0 Å². The van der Waals surface area contributed by atoms with Crippen LogP contribution in [-0.2, 0) is 13.0 Å². The van der Waals surface area contributed by atoms with Gasteiger partial charge in [0.2, 0.25) is 0 Å². The van der Waals surface area contributed by atoms with Gasteiger partial charge in [0.1, 0.15) is 0 Å². The molecule has 2 bridgehead atoms.